The van der Waals surface area contributed by atoms with Crippen LogP contribution in [0.2, 0.25) is 0 Å². The second-order valence-electron chi connectivity index (χ2n) is 4.68. The summed E-state index contributed by atoms with van der Waals surface area (Å²) in [5.74, 6) is -0.549. The molecule has 22 heavy (non-hydrogen) atoms. The molecular weight excluding hydrogens is 296 g/mol. The lowest BCUT2D eigenvalue weighted by Gasteiger charge is -2.00. The molecule has 1 amide bonds. The van der Waals surface area contributed by atoms with Crippen molar-refractivity contribution in [2.24, 2.45) is 0 Å². The van der Waals surface area contributed by atoms with Crippen LogP contribution in [0.25, 0.3) is 17.0 Å². The Bertz CT molecular complexity index is 825. The monoisotopic (exact) mass is 310 g/mol. The maximum absolute atomic E-state index is 11.0. The highest BCUT2D eigenvalue weighted by atomic mass is 32.2. The zero-order chi connectivity index (χ0) is 15.4. The second kappa shape index (κ2) is 6.51. The molecule has 4 nitrogen and oxygen atoms in total. The molecule has 0 fully saturated rings. The first-order valence-electron chi connectivity index (χ1n) is 6.72. The molecule has 0 atom stereocenters. The molecule has 0 spiro atoms. The van der Waals surface area contributed by atoms with Crippen LogP contribution >= 0.6 is 11.8 Å². The Balaban J connectivity index is 1.86. The number of fused-ring (bicyclic) bond motifs is 1. The normalized spacial score (nSPS) is 11.1. The molecule has 0 aliphatic rings. The van der Waals surface area contributed by atoms with Crippen LogP contribution in [-0.2, 0) is 4.79 Å². The Kier molecular flexibility index (Phi) is 4.27. The van der Waals surface area contributed by atoms with E-state index in [1.807, 2.05) is 42.6 Å². The number of rotatable bonds is 4. The first-order valence-corrected chi connectivity index (χ1v) is 7.54. The largest absolute Gasteiger partial charge is 0.360 e. The van der Waals surface area contributed by atoms with E-state index >= 15 is 0 Å². The van der Waals surface area contributed by atoms with E-state index in [2.05, 4.69) is 17.1 Å². The van der Waals surface area contributed by atoms with Gasteiger partial charge in [0.2, 0.25) is 0 Å². The number of aromatic nitrogens is 1. The number of carbonyl (C=O) groups excluding carboxylic acids is 1. The third-order valence-electron chi connectivity index (χ3n) is 3.18. The number of H-pyrrole nitrogens is 1. The van der Waals surface area contributed by atoms with Crippen molar-refractivity contribution in [2.75, 3.05) is 0 Å². The summed E-state index contributed by atoms with van der Waals surface area (Å²) >= 11 is 1.71. The summed E-state index contributed by atoms with van der Waals surface area (Å²) < 4.78 is 0. The average molecular weight is 310 g/mol. The number of amides is 1. The van der Waals surface area contributed by atoms with Crippen LogP contribution in [0.3, 0.4) is 0 Å². The predicted molar refractivity (Wildman–Crippen MR) is 87.8 cm³/mol. The molecule has 3 N–H and O–H groups in total. The van der Waals surface area contributed by atoms with Gasteiger partial charge in [0.15, 0.2) is 0 Å². The van der Waals surface area contributed by atoms with Gasteiger partial charge in [-0.25, -0.2) is 5.48 Å². The number of carbonyl (C=O) groups is 1. The molecule has 110 valence electrons. The van der Waals surface area contributed by atoms with Crippen LogP contribution in [0.5, 0.6) is 0 Å². The van der Waals surface area contributed by atoms with E-state index in [0.717, 1.165) is 21.4 Å². The van der Waals surface area contributed by atoms with Crippen LogP contribution in [-0.4, -0.2) is 16.1 Å². The molecule has 5 heteroatoms. The van der Waals surface area contributed by atoms with Gasteiger partial charge in [0.1, 0.15) is 0 Å². The van der Waals surface area contributed by atoms with Gasteiger partial charge in [0.25, 0.3) is 5.91 Å². The summed E-state index contributed by atoms with van der Waals surface area (Å²) in [4.78, 5) is 16.6. The fraction of sp³-hybridized carbons (Fsp3) is 0. The molecule has 1 aromatic heterocycles. The summed E-state index contributed by atoms with van der Waals surface area (Å²) in [5, 5.41) is 9.61. The van der Waals surface area contributed by atoms with Gasteiger partial charge in [-0.3, -0.25) is 10.0 Å². The summed E-state index contributed by atoms with van der Waals surface area (Å²) in [6.07, 6.45) is 4.91. The van der Waals surface area contributed by atoms with Crippen molar-refractivity contribution in [2.45, 2.75) is 9.79 Å². The zero-order valence-corrected chi connectivity index (χ0v) is 12.4. The molecule has 0 radical (unpaired) electrons. The lowest BCUT2D eigenvalue weighted by atomic mass is 10.1. The number of aromatic amines is 1. The Hall–Kier alpha value is -2.50. The van der Waals surface area contributed by atoms with Gasteiger partial charge in [-0.05, 0) is 29.8 Å². The number of benzene rings is 2. The Morgan fingerprint density at radius 1 is 1.18 bits per heavy atom. The van der Waals surface area contributed by atoms with E-state index in [9.17, 15) is 4.79 Å². The minimum absolute atomic E-state index is 0.549. The van der Waals surface area contributed by atoms with E-state index in [0.29, 0.717) is 0 Å². The molecule has 3 aromatic rings. The molecule has 0 unspecified atom stereocenters. The Morgan fingerprint density at radius 2 is 2.00 bits per heavy atom. The highest BCUT2D eigenvalue weighted by molar-refractivity contribution is 7.99. The van der Waals surface area contributed by atoms with Gasteiger partial charge in [-0.2, -0.15) is 0 Å². The summed E-state index contributed by atoms with van der Waals surface area (Å²) in [5.41, 5.74) is 3.46. The fourth-order valence-corrected chi connectivity index (χ4v) is 3.08. The predicted octanol–water partition coefficient (Wildman–Crippen LogP) is 3.84. The van der Waals surface area contributed by atoms with Crippen LogP contribution in [0.1, 0.15) is 5.56 Å². The number of hydrogen-bond acceptors (Lipinski definition) is 3. The maximum Gasteiger partial charge on any atom is 0.267 e. The van der Waals surface area contributed by atoms with E-state index in [1.54, 1.807) is 23.3 Å². The van der Waals surface area contributed by atoms with Crippen molar-refractivity contribution in [1.29, 1.82) is 0 Å². The molecule has 0 aliphatic heterocycles. The number of nitrogens with one attached hydrogen (secondary N) is 2. The Morgan fingerprint density at radius 3 is 2.77 bits per heavy atom. The first-order chi connectivity index (χ1) is 10.8. The van der Waals surface area contributed by atoms with Gasteiger partial charge in [0.05, 0.1) is 0 Å². The van der Waals surface area contributed by atoms with Crippen molar-refractivity contribution in [3.63, 3.8) is 0 Å². The van der Waals surface area contributed by atoms with Crippen molar-refractivity contribution in [3.05, 3.63) is 66.4 Å². The topological polar surface area (TPSA) is 65.1 Å². The summed E-state index contributed by atoms with van der Waals surface area (Å²) in [6.45, 7) is 0. The third kappa shape index (κ3) is 3.21. The number of hydrogen-bond donors (Lipinski definition) is 3. The molecule has 0 saturated carbocycles. The lowest BCUT2D eigenvalue weighted by molar-refractivity contribution is -0.124. The fourth-order valence-electron chi connectivity index (χ4n) is 2.13. The van der Waals surface area contributed by atoms with Crippen LogP contribution in [0.4, 0.5) is 0 Å². The van der Waals surface area contributed by atoms with Gasteiger partial charge in [-0.15, -0.1) is 0 Å². The van der Waals surface area contributed by atoms with Crippen LogP contribution in [0, 0.1) is 0 Å². The van der Waals surface area contributed by atoms with Crippen molar-refractivity contribution >= 4 is 34.6 Å². The molecule has 0 saturated heterocycles. The molecular formula is C17H14N2O2S. The average Bonchev–Trinajstić information content (AvgIpc) is 2.96. The van der Waals surface area contributed by atoms with E-state index in [-0.39, 0.29) is 0 Å². The molecule has 0 bridgehead atoms. The second-order valence-corrected chi connectivity index (χ2v) is 5.80. The summed E-state index contributed by atoms with van der Waals surface area (Å²) in [6, 6.07) is 16.1. The SMILES string of the molecule is O=C(C=Cc1ccc2c(Sc3ccccc3)c[nH]c2c1)NO. The van der Waals surface area contributed by atoms with Crippen LogP contribution < -0.4 is 5.48 Å². The highest BCUT2D eigenvalue weighted by Gasteiger charge is 2.05. The van der Waals surface area contributed by atoms with Crippen molar-refractivity contribution in [3.8, 4) is 0 Å². The van der Waals surface area contributed by atoms with E-state index in [1.165, 1.54) is 11.0 Å². The zero-order valence-electron chi connectivity index (χ0n) is 11.6. The minimum Gasteiger partial charge on any atom is -0.360 e. The molecule has 2 aromatic carbocycles. The van der Waals surface area contributed by atoms with Gasteiger partial charge in [0, 0.05) is 33.0 Å². The van der Waals surface area contributed by atoms with Crippen LogP contribution in [0.15, 0.2) is 70.6 Å². The quantitative estimate of drug-likeness (QED) is 0.390. The smallest absolute Gasteiger partial charge is 0.267 e. The standard InChI is InChI=1S/C17H14N2O2S/c20-17(19-21)9-7-12-6-8-14-15(10-12)18-11-16(14)22-13-4-2-1-3-5-13/h1-11,18,21H,(H,19,20). The minimum atomic E-state index is -0.549. The van der Waals surface area contributed by atoms with Gasteiger partial charge >= 0.3 is 0 Å². The van der Waals surface area contributed by atoms with Crippen molar-refractivity contribution < 1.29 is 10.0 Å². The number of hydroxylamine groups is 1. The molecule has 3 rings (SSSR count). The summed E-state index contributed by atoms with van der Waals surface area (Å²) in [7, 11) is 0. The van der Waals surface area contributed by atoms with Gasteiger partial charge in [-0.1, -0.05) is 42.1 Å². The van der Waals surface area contributed by atoms with Crippen molar-refractivity contribution in [1.82, 2.24) is 10.5 Å². The third-order valence-corrected chi connectivity index (χ3v) is 4.24. The molecule has 0 aliphatic carbocycles. The maximum atomic E-state index is 11.0. The lowest BCUT2D eigenvalue weighted by Crippen LogP contribution is -2.14. The van der Waals surface area contributed by atoms with E-state index in [4.69, 9.17) is 5.21 Å². The molecule has 1 heterocycles. The van der Waals surface area contributed by atoms with Gasteiger partial charge < -0.3 is 4.98 Å². The van der Waals surface area contributed by atoms with E-state index < -0.39 is 5.91 Å². The Labute approximate surface area is 131 Å². The highest BCUT2D eigenvalue weighted by Crippen LogP contribution is 2.33. The first kappa shape index (κ1) is 14.4.